The summed E-state index contributed by atoms with van der Waals surface area (Å²) in [5.41, 5.74) is -0.387. The molecule has 3 fully saturated rings. The van der Waals surface area contributed by atoms with Gasteiger partial charge in [-0.3, -0.25) is 4.57 Å². The van der Waals surface area contributed by atoms with Gasteiger partial charge in [0.25, 0.3) is 0 Å². The van der Waals surface area contributed by atoms with E-state index in [0.717, 1.165) is 6.07 Å². The molecule has 5 nitrogen and oxygen atoms in total. The molecule has 4 aliphatic rings. The third kappa shape index (κ3) is 1.74. The highest BCUT2D eigenvalue weighted by Gasteiger charge is 2.71. The van der Waals surface area contributed by atoms with Crippen LogP contribution in [-0.4, -0.2) is 14.3 Å². The lowest BCUT2D eigenvalue weighted by molar-refractivity contribution is -0.155. The molecule has 3 aliphatic carbocycles. The van der Waals surface area contributed by atoms with Crippen molar-refractivity contribution in [3.8, 4) is 6.07 Å². The molecule has 0 unspecified atom stereocenters. The van der Waals surface area contributed by atoms with Crippen molar-refractivity contribution >= 4 is 0 Å². The number of nitriles is 1. The Morgan fingerprint density at radius 3 is 2.48 bits per heavy atom. The first kappa shape index (κ1) is 14.8. The van der Waals surface area contributed by atoms with Crippen LogP contribution in [0.3, 0.4) is 0 Å². The third-order valence-corrected chi connectivity index (χ3v) is 6.12. The Kier molecular flexibility index (Phi) is 2.59. The number of halogens is 2. The maximum absolute atomic E-state index is 13.6. The number of benzene rings is 1. The summed E-state index contributed by atoms with van der Waals surface area (Å²) >= 11 is 0. The third-order valence-electron chi connectivity index (χ3n) is 6.12. The van der Waals surface area contributed by atoms with E-state index in [0.29, 0.717) is 37.1 Å². The molecule has 1 aromatic carbocycles. The molecule has 1 aromatic heterocycles. The highest BCUT2D eigenvalue weighted by molar-refractivity contribution is 5.30. The molecule has 0 amide bonds. The van der Waals surface area contributed by atoms with Crippen LogP contribution in [0.15, 0.2) is 23.0 Å². The summed E-state index contributed by atoms with van der Waals surface area (Å²) in [5, 5.41) is 13.7. The lowest BCUT2D eigenvalue weighted by Gasteiger charge is -2.65. The van der Waals surface area contributed by atoms with Gasteiger partial charge in [-0.2, -0.15) is 10.4 Å². The Hall–Kier alpha value is -2.49. The fourth-order valence-electron chi connectivity index (χ4n) is 5.01. The van der Waals surface area contributed by atoms with Crippen molar-refractivity contribution in [3.05, 3.63) is 51.7 Å². The summed E-state index contributed by atoms with van der Waals surface area (Å²) in [6, 6.07) is 5.32. The zero-order valence-corrected chi connectivity index (χ0v) is 13.7. The van der Waals surface area contributed by atoms with Crippen molar-refractivity contribution in [1.29, 1.82) is 5.26 Å². The molecule has 0 radical (unpaired) electrons. The van der Waals surface area contributed by atoms with E-state index < -0.39 is 17.7 Å². The first-order chi connectivity index (χ1) is 11.9. The molecule has 0 spiro atoms. The van der Waals surface area contributed by atoms with Gasteiger partial charge in [0.15, 0.2) is 0 Å². The van der Waals surface area contributed by atoms with Gasteiger partial charge in [-0.15, -0.1) is 0 Å². The minimum atomic E-state index is -0.646. The van der Waals surface area contributed by atoms with Gasteiger partial charge in [0, 0.05) is 12.0 Å². The van der Waals surface area contributed by atoms with Crippen LogP contribution in [0.1, 0.15) is 56.0 Å². The van der Waals surface area contributed by atoms with Gasteiger partial charge in [-0.05, 0) is 43.4 Å². The van der Waals surface area contributed by atoms with E-state index in [4.69, 9.17) is 0 Å². The Morgan fingerprint density at radius 1 is 1.24 bits per heavy atom. The van der Waals surface area contributed by atoms with Crippen LogP contribution in [-0.2, 0) is 5.54 Å². The van der Waals surface area contributed by atoms with E-state index in [1.54, 1.807) is 4.57 Å². The molecule has 2 bridgehead atoms. The molecule has 2 heterocycles. The van der Waals surface area contributed by atoms with Gasteiger partial charge in [-0.1, -0.05) is 6.92 Å². The summed E-state index contributed by atoms with van der Waals surface area (Å²) in [5.74, 6) is -0.600. The lowest BCUT2D eigenvalue weighted by atomic mass is 9.40. The first-order valence-corrected chi connectivity index (χ1v) is 8.46. The van der Waals surface area contributed by atoms with Crippen LogP contribution in [0.4, 0.5) is 8.78 Å². The predicted octanol–water partition coefficient (Wildman–Crippen LogP) is 2.82. The molecule has 128 valence electrons. The molecular weight excluding hydrogens is 326 g/mol. The van der Waals surface area contributed by atoms with Crippen LogP contribution >= 0.6 is 0 Å². The van der Waals surface area contributed by atoms with Crippen LogP contribution in [0, 0.1) is 28.4 Å². The van der Waals surface area contributed by atoms with Crippen molar-refractivity contribution < 1.29 is 8.78 Å². The zero-order valence-electron chi connectivity index (χ0n) is 13.7. The van der Waals surface area contributed by atoms with Crippen molar-refractivity contribution in [2.75, 3.05) is 0 Å². The standard InChI is InChI=1S/C18H16F2N4O/c1-10-2-14(11-3-12(19)5-13(20)4-11)23-15(10)22-24(16(23)25)18-6-17(7-18,8-18)9-21/h3-5,10,14H,2,6-8H2,1H3/t10-,14-,17?,18?/m0/s1. The second-order valence-electron chi connectivity index (χ2n) is 7.92. The Morgan fingerprint density at radius 2 is 1.88 bits per heavy atom. The SMILES string of the molecule is C[C@H]1C[C@@H](c2cc(F)cc(F)c2)n2c1nn(C13CC(C#N)(C1)C3)c2=O. The molecule has 0 N–H and O–H groups in total. The van der Waals surface area contributed by atoms with Gasteiger partial charge in [0.2, 0.25) is 0 Å². The zero-order chi connectivity index (χ0) is 17.6. The second-order valence-corrected chi connectivity index (χ2v) is 7.92. The first-order valence-electron chi connectivity index (χ1n) is 8.46. The van der Waals surface area contributed by atoms with Crippen molar-refractivity contribution in [3.63, 3.8) is 0 Å². The molecule has 2 atom stereocenters. The Bertz CT molecular complexity index is 975. The average molecular weight is 342 g/mol. The number of fused-ring (bicyclic) bond motifs is 1. The van der Waals surface area contributed by atoms with Crippen LogP contribution in [0.5, 0.6) is 0 Å². The fourth-order valence-corrected chi connectivity index (χ4v) is 5.01. The lowest BCUT2D eigenvalue weighted by Crippen LogP contribution is -2.69. The largest absolute Gasteiger partial charge is 0.347 e. The summed E-state index contributed by atoms with van der Waals surface area (Å²) in [6.07, 6.45) is 2.60. The van der Waals surface area contributed by atoms with Gasteiger partial charge in [-0.25, -0.2) is 18.3 Å². The quantitative estimate of drug-likeness (QED) is 0.843. The summed E-state index contributed by atoms with van der Waals surface area (Å²) < 4.78 is 30.4. The van der Waals surface area contributed by atoms with Gasteiger partial charge in [0.1, 0.15) is 17.5 Å². The monoisotopic (exact) mass is 342 g/mol. The van der Waals surface area contributed by atoms with Crippen LogP contribution in [0.2, 0.25) is 0 Å². The maximum atomic E-state index is 13.6. The van der Waals surface area contributed by atoms with E-state index in [1.807, 2.05) is 6.92 Å². The summed E-state index contributed by atoms with van der Waals surface area (Å²) in [7, 11) is 0. The fraction of sp³-hybridized carbons (Fsp3) is 0.500. The predicted molar refractivity (Wildman–Crippen MR) is 83.9 cm³/mol. The number of aromatic nitrogens is 3. The van der Waals surface area contributed by atoms with E-state index >= 15 is 0 Å². The topological polar surface area (TPSA) is 63.6 Å². The highest BCUT2D eigenvalue weighted by Crippen LogP contribution is 2.70. The second kappa shape index (κ2) is 4.37. The molecule has 0 saturated heterocycles. The van der Waals surface area contributed by atoms with Crippen LogP contribution < -0.4 is 5.69 Å². The minimum Gasteiger partial charge on any atom is -0.271 e. The smallest absolute Gasteiger partial charge is 0.271 e. The van der Waals surface area contributed by atoms with Gasteiger partial charge >= 0.3 is 5.69 Å². The Balaban J connectivity index is 1.59. The number of hydrogen-bond donors (Lipinski definition) is 0. The van der Waals surface area contributed by atoms with E-state index in [9.17, 15) is 18.8 Å². The number of hydrogen-bond acceptors (Lipinski definition) is 3. The molecule has 1 aliphatic heterocycles. The van der Waals surface area contributed by atoms with Crippen molar-refractivity contribution in [2.24, 2.45) is 5.41 Å². The van der Waals surface area contributed by atoms with Gasteiger partial charge in [0.05, 0.1) is 23.1 Å². The maximum Gasteiger partial charge on any atom is 0.347 e. The molecule has 7 heteroatoms. The molecule has 25 heavy (non-hydrogen) atoms. The minimum absolute atomic E-state index is 0.0301. The number of nitrogens with zero attached hydrogens (tertiary/aromatic N) is 4. The van der Waals surface area contributed by atoms with E-state index in [-0.39, 0.29) is 22.6 Å². The molecular formula is C18H16F2N4O. The average Bonchev–Trinajstić information content (AvgIpc) is 2.96. The van der Waals surface area contributed by atoms with E-state index in [1.165, 1.54) is 16.8 Å². The van der Waals surface area contributed by atoms with E-state index in [2.05, 4.69) is 11.2 Å². The Labute approximate surface area is 142 Å². The summed E-state index contributed by atoms with van der Waals surface area (Å²) in [4.78, 5) is 13.0. The molecule has 2 aromatic rings. The van der Waals surface area contributed by atoms with Crippen LogP contribution in [0.25, 0.3) is 0 Å². The molecule has 3 saturated carbocycles. The van der Waals surface area contributed by atoms with Gasteiger partial charge < -0.3 is 0 Å². The normalized spacial score (nSPS) is 34.8. The molecule has 6 rings (SSSR count). The highest BCUT2D eigenvalue weighted by atomic mass is 19.1. The summed E-state index contributed by atoms with van der Waals surface area (Å²) in [6.45, 7) is 1.97. The number of rotatable bonds is 2. The van der Waals surface area contributed by atoms with Crippen molar-refractivity contribution in [1.82, 2.24) is 14.3 Å². The van der Waals surface area contributed by atoms with Crippen molar-refractivity contribution in [2.45, 2.75) is 50.1 Å².